The van der Waals surface area contributed by atoms with Crippen molar-refractivity contribution in [3.05, 3.63) is 12.2 Å². The second-order valence-corrected chi connectivity index (χ2v) is 4.35. The van der Waals surface area contributed by atoms with Gasteiger partial charge in [0.05, 0.1) is 12.5 Å². The molecule has 1 aliphatic heterocycles. The topological polar surface area (TPSA) is 26.3 Å². The van der Waals surface area contributed by atoms with Crippen molar-refractivity contribution < 1.29 is 9.53 Å². The molecule has 0 amide bonds. The minimum atomic E-state index is 0.0240. The fourth-order valence-corrected chi connectivity index (χ4v) is 2.47. The Balaban J connectivity index is 2.05. The number of ether oxygens (including phenoxy) is 1. The number of fused-ring (bicyclic) bond motifs is 1. The number of carbonyl (C=O) groups excluding carboxylic acids is 1. The molecule has 2 rings (SSSR count). The lowest BCUT2D eigenvalue weighted by molar-refractivity contribution is -0.141. The van der Waals surface area contributed by atoms with E-state index in [9.17, 15) is 4.79 Å². The maximum Gasteiger partial charge on any atom is 0.309 e. The van der Waals surface area contributed by atoms with E-state index in [0.29, 0.717) is 18.4 Å². The van der Waals surface area contributed by atoms with Crippen molar-refractivity contribution in [3.63, 3.8) is 0 Å². The molecule has 0 N–H and O–H groups in total. The molecule has 72 valence electrons. The molecular formula is C11H16O2. The Labute approximate surface area is 79.0 Å². The highest BCUT2D eigenvalue weighted by molar-refractivity contribution is 5.74. The molecule has 0 bridgehead atoms. The molecule has 2 nitrogen and oxygen atoms in total. The normalized spacial score (nSPS) is 38.2. The first-order valence-electron chi connectivity index (χ1n) is 5.00. The number of carbonyl (C=O) groups is 1. The van der Waals surface area contributed by atoms with Crippen molar-refractivity contribution in [3.8, 4) is 0 Å². The highest BCUT2D eigenvalue weighted by Gasteiger charge is 2.41. The summed E-state index contributed by atoms with van der Waals surface area (Å²) in [5, 5.41) is 0. The van der Waals surface area contributed by atoms with Crippen LogP contribution in [-0.4, -0.2) is 12.6 Å². The first-order chi connectivity index (χ1) is 6.18. The predicted molar refractivity (Wildman–Crippen MR) is 50.1 cm³/mol. The lowest BCUT2D eigenvalue weighted by atomic mass is 9.73. The number of hydrogen-bond acceptors (Lipinski definition) is 2. The molecule has 0 aromatic heterocycles. The van der Waals surface area contributed by atoms with Gasteiger partial charge in [-0.05, 0) is 32.1 Å². The molecule has 2 fully saturated rings. The van der Waals surface area contributed by atoms with Gasteiger partial charge in [0.15, 0.2) is 0 Å². The first kappa shape index (κ1) is 8.79. The molecule has 13 heavy (non-hydrogen) atoms. The van der Waals surface area contributed by atoms with E-state index in [2.05, 4.69) is 13.5 Å². The van der Waals surface area contributed by atoms with Crippen LogP contribution in [0.1, 0.15) is 26.2 Å². The summed E-state index contributed by atoms with van der Waals surface area (Å²) in [5.74, 6) is 1.25. The summed E-state index contributed by atoms with van der Waals surface area (Å²) in [6.45, 7) is 6.69. The Bertz CT molecular complexity index is 244. The minimum Gasteiger partial charge on any atom is -0.465 e. The Morgan fingerprint density at radius 1 is 1.54 bits per heavy atom. The van der Waals surface area contributed by atoms with Crippen LogP contribution in [0.5, 0.6) is 0 Å². The zero-order chi connectivity index (χ0) is 9.42. The molecule has 0 aromatic carbocycles. The quantitative estimate of drug-likeness (QED) is 0.456. The third kappa shape index (κ3) is 1.50. The van der Waals surface area contributed by atoms with Crippen LogP contribution in [0.4, 0.5) is 0 Å². The van der Waals surface area contributed by atoms with Gasteiger partial charge in [0.2, 0.25) is 0 Å². The molecule has 0 radical (unpaired) electrons. The van der Waals surface area contributed by atoms with Gasteiger partial charge in [-0.25, -0.2) is 0 Å². The first-order valence-corrected chi connectivity index (χ1v) is 5.00. The fraction of sp³-hybridized carbons (Fsp3) is 0.727. The number of hydrogen-bond donors (Lipinski definition) is 0. The van der Waals surface area contributed by atoms with Crippen LogP contribution in [-0.2, 0) is 9.53 Å². The maximum atomic E-state index is 11.3. The van der Waals surface area contributed by atoms with Crippen molar-refractivity contribution in [2.45, 2.75) is 26.2 Å². The fourth-order valence-electron chi connectivity index (χ4n) is 2.47. The van der Waals surface area contributed by atoms with Gasteiger partial charge >= 0.3 is 5.97 Å². The van der Waals surface area contributed by atoms with Crippen LogP contribution in [0.15, 0.2) is 12.2 Å². The second-order valence-electron chi connectivity index (χ2n) is 4.35. The molecule has 1 heterocycles. The van der Waals surface area contributed by atoms with Crippen molar-refractivity contribution in [2.75, 3.05) is 6.61 Å². The third-order valence-electron chi connectivity index (χ3n) is 3.43. The van der Waals surface area contributed by atoms with E-state index >= 15 is 0 Å². The lowest BCUT2D eigenvalue weighted by Gasteiger charge is -2.28. The van der Waals surface area contributed by atoms with Crippen LogP contribution in [0, 0.1) is 17.8 Å². The standard InChI is InChI=1S/C11H16O2/c1-7(2)8-3-4-9-6-13-11(12)10(9)5-8/h8-10H,1,3-6H2,2H3/t8-,9+,10-/m0/s1. The van der Waals surface area contributed by atoms with E-state index < -0.39 is 0 Å². The van der Waals surface area contributed by atoms with Crippen LogP contribution in [0.3, 0.4) is 0 Å². The minimum absolute atomic E-state index is 0.0240. The molecule has 1 saturated heterocycles. The van der Waals surface area contributed by atoms with E-state index in [1.807, 2.05) is 0 Å². The molecule has 0 unspecified atom stereocenters. The van der Waals surface area contributed by atoms with Gasteiger partial charge in [0.1, 0.15) is 0 Å². The van der Waals surface area contributed by atoms with E-state index in [-0.39, 0.29) is 11.9 Å². The van der Waals surface area contributed by atoms with Crippen LogP contribution >= 0.6 is 0 Å². The molecule has 2 heteroatoms. The Morgan fingerprint density at radius 2 is 2.31 bits per heavy atom. The monoisotopic (exact) mass is 180 g/mol. The van der Waals surface area contributed by atoms with Gasteiger partial charge in [-0.15, -0.1) is 0 Å². The molecular weight excluding hydrogens is 164 g/mol. The molecule has 1 saturated carbocycles. The largest absolute Gasteiger partial charge is 0.465 e. The number of cyclic esters (lactones) is 1. The molecule has 2 aliphatic rings. The summed E-state index contributed by atoms with van der Waals surface area (Å²) in [7, 11) is 0. The van der Waals surface area contributed by atoms with Crippen molar-refractivity contribution in [1.29, 1.82) is 0 Å². The lowest BCUT2D eigenvalue weighted by Crippen LogP contribution is -2.26. The highest BCUT2D eigenvalue weighted by atomic mass is 16.5. The maximum absolute atomic E-state index is 11.3. The van der Waals surface area contributed by atoms with E-state index in [4.69, 9.17) is 4.74 Å². The molecule has 0 spiro atoms. The van der Waals surface area contributed by atoms with Gasteiger partial charge in [0, 0.05) is 5.92 Å². The summed E-state index contributed by atoms with van der Waals surface area (Å²) in [4.78, 5) is 11.3. The number of esters is 1. The van der Waals surface area contributed by atoms with Gasteiger partial charge in [-0.2, -0.15) is 0 Å². The van der Waals surface area contributed by atoms with Crippen LogP contribution in [0.2, 0.25) is 0 Å². The molecule has 3 atom stereocenters. The van der Waals surface area contributed by atoms with Gasteiger partial charge in [-0.1, -0.05) is 12.2 Å². The zero-order valence-electron chi connectivity index (χ0n) is 8.08. The van der Waals surface area contributed by atoms with Gasteiger partial charge < -0.3 is 4.74 Å². The Kier molecular flexibility index (Phi) is 2.14. The SMILES string of the molecule is C=C(C)[C@H]1CC[C@@H]2COC(=O)[C@H]2C1. The molecule has 0 aromatic rings. The van der Waals surface area contributed by atoms with Gasteiger partial charge in [-0.3, -0.25) is 4.79 Å². The van der Waals surface area contributed by atoms with Gasteiger partial charge in [0.25, 0.3) is 0 Å². The summed E-state index contributed by atoms with van der Waals surface area (Å²) in [6.07, 6.45) is 3.29. The predicted octanol–water partition coefficient (Wildman–Crippen LogP) is 2.15. The average Bonchev–Trinajstić information content (AvgIpc) is 2.47. The van der Waals surface area contributed by atoms with Crippen LogP contribution < -0.4 is 0 Å². The van der Waals surface area contributed by atoms with E-state index in [1.54, 1.807) is 0 Å². The van der Waals surface area contributed by atoms with E-state index in [1.165, 1.54) is 12.0 Å². The number of rotatable bonds is 1. The second kappa shape index (κ2) is 3.17. The van der Waals surface area contributed by atoms with Crippen molar-refractivity contribution in [2.24, 2.45) is 17.8 Å². The van der Waals surface area contributed by atoms with Crippen LogP contribution in [0.25, 0.3) is 0 Å². The Hall–Kier alpha value is -0.790. The average molecular weight is 180 g/mol. The summed E-state index contributed by atoms with van der Waals surface area (Å²) < 4.78 is 5.06. The zero-order valence-corrected chi connectivity index (χ0v) is 8.08. The summed E-state index contributed by atoms with van der Waals surface area (Å²) in [5.41, 5.74) is 1.22. The summed E-state index contributed by atoms with van der Waals surface area (Å²) in [6, 6.07) is 0. The molecule has 1 aliphatic carbocycles. The van der Waals surface area contributed by atoms with Crippen molar-refractivity contribution >= 4 is 5.97 Å². The smallest absolute Gasteiger partial charge is 0.309 e. The third-order valence-corrected chi connectivity index (χ3v) is 3.43. The van der Waals surface area contributed by atoms with E-state index in [0.717, 1.165) is 12.8 Å². The number of allylic oxidation sites excluding steroid dienone is 1. The van der Waals surface area contributed by atoms with Crippen molar-refractivity contribution in [1.82, 2.24) is 0 Å². The summed E-state index contributed by atoms with van der Waals surface area (Å²) >= 11 is 0. The highest BCUT2D eigenvalue weighted by Crippen LogP contribution is 2.40. The Morgan fingerprint density at radius 3 is 3.00 bits per heavy atom.